The molecule has 112 valence electrons. The monoisotopic (exact) mass is 380 g/mol. The van der Waals surface area contributed by atoms with Gasteiger partial charge in [-0.25, -0.2) is 0 Å². The van der Waals surface area contributed by atoms with Crippen LogP contribution in [-0.2, 0) is 6.18 Å². The summed E-state index contributed by atoms with van der Waals surface area (Å²) in [4.78, 5) is 10.1. The van der Waals surface area contributed by atoms with Crippen LogP contribution in [0.15, 0.2) is 23.1 Å². The number of hydrogen-bond acceptors (Lipinski definition) is 2. The van der Waals surface area contributed by atoms with E-state index < -0.39 is 50.1 Å². The molecule has 0 aromatic heterocycles. The molecule has 9 heteroatoms. The number of carbonyl (C=O) groups is 1. The number of ketones is 1. The van der Waals surface area contributed by atoms with Gasteiger partial charge in [0.15, 0.2) is 5.78 Å². The van der Waals surface area contributed by atoms with Gasteiger partial charge in [-0.3, -0.25) is 4.79 Å². The zero-order valence-corrected chi connectivity index (χ0v) is 12.2. The first-order valence-corrected chi connectivity index (χ1v) is 6.80. The third-order valence-electron chi connectivity index (χ3n) is 2.16. The Bertz CT molecular complexity index is 509. The van der Waals surface area contributed by atoms with Crippen molar-refractivity contribution in [2.24, 2.45) is 0 Å². The highest BCUT2D eigenvalue weighted by Crippen LogP contribution is 2.40. The van der Waals surface area contributed by atoms with Crippen molar-refractivity contribution in [1.29, 1.82) is 0 Å². The molecule has 0 radical (unpaired) electrons. The number of Topliss-reactive ketones (excluding diaryl/α,β-unsaturated/α-hetero) is 1. The lowest BCUT2D eigenvalue weighted by molar-refractivity contribution is -0.138. The second-order valence-electron chi connectivity index (χ2n) is 3.73. The zero-order chi connectivity index (χ0) is 15.7. The molecule has 1 nitrogen and oxygen atoms in total. The molecule has 0 N–H and O–H groups in total. The van der Waals surface area contributed by atoms with E-state index in [0.717, 1.165) is 12.1 Å². The van der Waals surface area contributed by atoms with Gasteiger partial charge in [0.1, 0.15) is 0 Å². The van der Waals surface area contributed by atoms with Crippen LogP contribution in [0.4, 0.5) is 26.3 Å². The van der Waals surface area contributed by atoms with Gasteiger partial charge in [-0.2, -0.15) is 26.3 Å². The molecule has 0 heterocycles. The maximum atomic E-state index is 12.8. The number of hydrogen-bond donors (Lipinski definition) is 0. The zero-order valence-electron chi connectivity index (χ0n) is 9.77. The highest BCUT2D eigenvalue weighted by molar-refractivity contribution is 9.10. The number of benzene rings is 1. The van der Waals surface area contributed by atoms with Gasteiger partial charge in [-0.15, -0.1) is 0 Å². The van der Waals surface area contributed by atoms with Crippen LogP contribution >= 0.6 is 27.7 Å². The minimum atomic E-state index is -4.91. The Hall–Kier alpha value is -0.700. The van der Waals surface area contributed by atoms with Crippen LogP contribution in [0.1, 0.15) is 22.8 Å². The molecule has 0 saturated carbocycles. The second kappa shape index (κ2) is 5.97. The van der Waals surface area contributed by atoms with E-state index in [1.165, 1.54) is 6.92 Å². The Morgan fingerprint density at radius 3 is 2.15 bits per heavy atom. The molecule has 0 amide bonds. The Morgan fingerprint density at radius 1 is 1.20 bits per heavy atom. The summed E-state index contributed by atoms with van der Waals surface area (Å²) >= 11 is 2.18. The molecule has 0 spiro atoms. The third-order valence-corrected chi connectivity index (χ3v) is 3.29. The minimum absolute atomic E-state index is 0.334. The fourth-order valence-electron chi connectivity index (χ4n) is 1.38. The summed E-state index contributed by atoms with van der Waals surface area (Å²) < 4.78 is 75.0. The predicted octanol–water partition coefficient (Wildman–Crippen LogP) is 5.28. The first-order chi connectivity index (χ1) is 8.92. The third kappa shape index (κ3) is 4.69. The van der Waals surface area contributed by atoms with Crippen molar-refractivity contribution in [1.82, 2.24) is 0 Å². The van der Waals surface area contributed by atoms with Gasteiger partial charge in [0.2, 0.25) is 0 Å². The molecule has 0 saturated heterocycles. The molecule has 1 aromatic rings. The second-order valence-corrected chi connectivity index (χ2v) is 6.25. The van der Waals surface area contributed by atoms with Gasteiger partial charge >= 0.3 is 11.7 Å². The topological polar surface area (TPSA) is 17.1 Å². The SMILES string of the molecule is CC(Br)C(=O)c1ccc(SC(F)(F)F)cc1C(F)(F)F. The average molecular weight is 381 g/mol. The lowest BCUT2D eigenvalue weighted by atomic mass is 10.0. The Labute approximate surface area is 122 Å². The van der Waals surface area contributed by atoms with Crippen molar-refractivity contribution in [3.05, 3.63) is 29.3 Å². The van der Waals surface area contributed by atoms with Crippen LogP contribution in [0.3, 0.4) is 0 Å². The first-order valence-electron chi connectivity index (χ1n) is 5.07. The van der Waals surface area contributed by atoms with Crippen molar-refractivity contribution >= 4 is 33.5 Å². The predicted molar refractivity (Wildman–Crippen MR) is 66.1 cm³/mol. The fourth-order valence-corrected chi connectivity index (χ4v) is 2.21. The van der Waals surface area contributed by atoms with E-state index in [4.69, 9.17) is 0 Å². The summed E-state index contributed by atoms with van der Waals surface area (Å²) in [6.45, 7) is 1.33. The lowest BCUT2D eigenvalue weighted by Crippen LogP contribution is -2.18. The lowest BCUT2D eigenvalue weighted by Gasteiger charge is -2.15. The van der Waals surface area contributed by atoms with Gasteiger partial charge < -0.3 is 0 Å². The van der Waals surface area contributed by atoms with E-state index in [0.29, 0.717) is 6.07 Å². The highest BCUT2D eigenvalue weighted by Gasteiger charge is 2.37. The van der Waals surface area contributed by atoms with Gasteiger partial charge in [0.25, 0.3) is 0 Å². The van der Waals surface area contributed by atoms with E-state index in [9.17, 15) is 31.1 Å². The molecular formula is C11H7BrF6OS. The Kier molecular flexibility index (Phi) is 5.18. The van der Waals surface area contributed by atoms with Crippen molar-refractivity contribution in [3.8, 4) is 0 Å². The molecule has 0 aliphatic rings. The van der Waals surface area contributed by atoms with Gasteiger partial charge in [0.05, 0.1) is 10.4 Å². The van der Waals surface area contributed by atoms with E-state index in [2.05, 4.69) is 15.9 Å². The number of rotatable bonds is 3. The number of halogens is 7. The van der Waals surface area contributed by atoms with Crippen molar-refractivity contribution in [2.75, 3.05) is 0 Å². The molecule has 1 unspecified atom stereocenters. The van der Waals surface area contributed by atoms with Crippen LogP contribution in [-0.4, -0.2) is 16.1 Å². The van der Waals surface area contributed by atoms with Crippen molar-refractivity contribution in [3.63, 3.8) is 0 Å². The summed E-state index contributed by atoms with van der Waals surface area (Å²) in [7, 11) is 0. The Morgan fingerprint density at radius 2 is 1.75 bits per heavy atom. The molecule has 0 fully saturated rings. The average Bonchev–Trinajstić information content (AvgIpc) is 2.24. The fraction of sp³-hybridized carbons (Fsp3) is 0.364. The molecule has 1 atom stereocenters. The first kappa shape index (κ1) is 17.4. The molecule has 0 aliphatic heterocycles. The standard InChI is InChI=1S/C11H7BrF6OS/c1-5(12)9(19)7-3-2-6(20-11(16,17)18)4-8(7)10(13,14)15/h2-5H,1H3. The summed E-state index contributed by atoms with van der Waals surface area (Å²) in [5.74, 6) is -0.846. The molecule has 0 bridgehead atoms. The Balaban J connectivity index is 3.32. The summed E-state index contributed by atoms with van der Waals surface area (Å²) in [5.41, 5.74) is -6.73. The molecule has 1 aromatic carbocycles. The summed E-state index contributed by atoms with van der Waals surface area (Å²) in [6.07, 6.45) is -4.91. The van der Waals surface area contributed by atoms with E-state index in [-0.39, 0.29) is 0 Å². The van der Waals surface area contributed by atoms with Crippen LogP contribution in [0.5, 0.6) is 0 Å². The maximum Gasteiger partial charge on any atom is 0.446 e. The van der Waals surface area contributed by atoms with Crippen molar-refractivity contribution in [2.45, 2.75) is 28.3 Å². The van der Waals surface area contributed by atoms with Crippen LogP contribution in [0.25, 0.3) is 0 Å². The molecule has 1 rings (SSSR count). The highest BCUT2D eigenvalue weighted by atomic mass is 79.9. The normalized spacial score (nSPS) is 14.2. The van der Waals surface area contributed by atoms with Gasteiger partial charge in [0, 0.05) is 10.5 Å². The number of thioether (sulfide) groups is 1. The van der Waals surface area contributed by atoms with Crippen molar-refractivity contribution < 1.29 is 31.1 Å². The van der Waals surface area contributed by atoms with E-state index in [1.807, 2.05) is 0 Å². The molecule has 20 heavy (non-hydrogen) atoms. The van der Waals surface area contributed by atoms with Crippen LogP contribution in [0, 0.1) is 0 Å². The van der Waals surface area contributed by atoms with E-state index >= 15 is 0 Å². The molecular weight excluding hydrogens is 374 g/mol. The van der Waals surface area contributed by atoms with E-state index in [1.54, 1.807) is 0 Å². The summed E-state index contributed by atoms with van der Waals surface area (Å²) in [6, 6.07) is 1.94. The number of alkyl halides is 7. The minimum Gasteiger partial charge on any atom is -0.293 e. The summed E-state index contributed by atoms with van der Waals surface area (Å²) in [5, 5.41) is 0. The van der Waals surface area contributed by atoms with Crippen LogP contribution in [0.2, 0.25) is 0 Å². The maximum absolute atomic E-state index is 12.8. The number of carbonyl (C=O) groups excluding carboxylic acids is 1. The largest absolute Gasteiger partial charge is 0.446 e. The van der Waals surface area contributed by atoms with Gasteiger partial charge in [-0.05, 0) is 36.9 Å². The smallest absolute Gasteiger partial charge is 0.293 e. The quantitative estimate of drug-likeness (QED) is 0.307. The molecule has 0 aliphatic carbocycles. The van der Waals surface area contributed by atoms with Crippen LogP contribution < -0.4 is 0 Å². The van der Waals surface area contributed by atoms with Gasteiger partial charge in [-0.1, -0.05) is 15.9 Å².